The zero-order valence-electron chi connectivity index (χ0n) is 13.2. The van der Waals surface area contributed by atoms with Gasteiger partial charge in [0, 0.05) is 35.3 Å². The molecule has 1 aromatic heterocycles. The van der Waals surface area contributed by atoms with E-state index in [0.717, 1.165) is 42.9 Å². The third kappa shape index (κ3) is 2.67. The number of aromatic nitrogens is 1. The molecule has 0 saturated carbocycles. The van der Waals surface area contributed by atoms with Gasteiger partial charge >= 0.3 is 0 Å². The highest BCUT2D eigenvalue weighted by molar-refractivity contribution is 5.90. The number of halogens is 1. The van der Waals surface area contributed by atoms with Gasteiger partial charge in [0.2, 0.25) is 0 Å². The van der Waals surface area contributed by atoms with Crippen LogP contribution in [0.3, 0.4) is 0 Å². The van der Waals surface area contributed by atoms with E-state index in [1.165, 1.54) is 6.07 Å². The van der Waals surface area contributed by atoms with Crippen molar-refractivity contribution in [1.82, 2.24) is 4.98 Å². The molecule has 0 atom stereocenters. The molecule has 1 aliphatic rings. The number of ether oxygens (including phenoxy) is 1. The van der Waals surface area contributed by atoms with E-state index in [1.54, 1.807) is 18.2 Å². The first-order chi connectivity index (χ1) is 11.7. The Bertz CT molecular complexity index is 891. The Hall–Kier alpha value is -2.66. The lowest BCUT2D eigenvalue weighted by Crippen LogP contribution is -2.36. The lowest BCUT2D eigenvalue weighted by Gasteiger charge is -2.29. The molecule has 1 saturated heterocycles. The number of morpholine rings is 1. The first-order valence-electron chi connectivity index (χ1n) is 8.00. The topological polar surface area (TPSA) is 51.4 Å². The molecule has 2 aromatic carbocycles. The van der Waals surface area contributed by atoms with Gasteiger partial charge in [0.25, 0.3) is 0 Å². The fourth-order valence-corrected chi connectivity index (χ4v) is 3.08. The third-order valence-electron chi connectivity index (χ3n) is 4.37. The summed E-state index contributed by atoms with van der Waals surface area (Å²) in [5.74, 6) is 0.0435. The highest BCUT2D eigenvalue weighted by Crippen LogP contribution is 2.31. The number of rotatable bonds is 2. The Morgan fingerprint density at radius 3 is 2.58 bits per heavy atom. The molecule has 5 heteroatoms. The van der Waals surface area contributed by atoms with Gasteiger partial charge in [-0.25, -0.2) is 9.37 Å². The summed E-state index contributed by atoms with van der Waals surface area (Å²) >= 11 is 0. The molecule has 0 radical (unpaired) electrons. The Balaban J connectivity index is 1.78. The molecule has 0 aliphatic carbocycles. The predicted molar refractivity (Wildman–Crippen MR) is 94.6 cm³/mol. The van der Waals surface area contributed by atoms with E-state index in [0.29, 0.717) is 16.9 Å². The van der Waals surface area contributed by atoms with Crippen molar-refractivity contribution in [1.29, 1.82) is 0 Å². The summed E-state index contributed by atoms with van der Waals surface area (Å²) in [5.41, 5.74) is 9.13. The van der Waals surface area contributed by atoms with Gasteiger partial charge in [-0.1, -0.05) is 24.3 Å². The van der Waals surface area contributed by atoms with Crippen molar-refractivity contribution in [2.24, 2.45) is 0 Å². The van der Waals surface area contributed by atoms with Gasteiger partial charge in [0.05, 0.1) is 18.7 Å². The Morgan fingerprint density at radius 2 is 1.79 bits per heavy atom. The summed E-state index contributed by atoms with van der Waals surface area (Å²) in [6, 6.07) is 14.6. The molecule has 1 aliphatic heterocycles. The molecular formula is C19H18FN3O. The first kappa shape index (κ1) is 14.9. The number of benzene rings is 2. The summed E-state index contributed by atoms with van der Waals surface area (Å²) < 4.78 is 19.5. The average molecular weight is 323 g/mol. The van der Waals surface area contributed by atoms with Gasteiger partial charge in [-0.3, -0.25) is 0 Å². The maximum atomic E-state index is 14.1. The van der Waals surface area contributed by atoms with Crippen LogP contribution in [0, 0.1) is 5.82 Å². The third-order valence-corrected chi connectivity index (χ3v) is 4.37. The average Bonchev–Trinajstić information content (AvgIpc) is 2.62. The molecule has 4 rings (SSSR count). The molecule has 2 heterocycles. The van der Waals surface area contributed by atoms with Crippen LogP contribution in [0.4, 0.5) is 15.9 Å². The van der Waals surface area contributed by atoms with E-state index in [2.05, 4.69) is 16.0 Å². The largest absolute Gasteiger partial charge is 0.383 e. The molecule has 1 fully saturated rings. The summed E-state index contributed by atoms with van der Waals surface area (Å²) in [5, 5.41) is 0.944. The number of nitrogens with zero attached hydrogens (tertiary/aromatic N) is 2. The number of hydrogen-bond donors (Lipinski definition) is 1. The quantitative estimate of drug-likeness (QED) is 0.785. The van der Waals surface area contributed by atoms with Crippen LogP contribution in [-0.4, -0.2) is 31.3 Å². The molecule has 3 aromatic rings. The molecular weight excluding hydrogens is 305 g/mol. The molecule has 0 amide bonds. The van der Waals surface area contributed by atoms with E-state index >= 15 is 0 Å². The van der Waals surface area contributed by atoms with Gasteiger partial charge in [-0.05, 0) is 24.3 Å². The van der Waals surface area contributed by atoms with Gasteiger partial charge in [0.15, 0.2) is 0 Å². The van der Waals surface area contributed by atoms with Crippen molar-refractivity contribution in [2.75, 3.05) is 36.9 Å². The zero-order chi connectivity index (χ0) is 16.5. The van der Waals surface area contributed by atoms with Gasteiger partial charge in [0.1, 0.15) is 11.6 Å². The highest BCUT2D eigenvalue weighted by Gasteiger charge is 2.14. The van der Waals surface area contributed by atoms with Gasteiger partial charge in [-0.2, -0.15) is 0 Å². The summed E-state index contributed by atoms with van der Waals surface area (Å²) in [6.07, 6.45) is 0. The molecule has 2 N–H and O–H groups in total. The van der Waals surface area contributed by atoms with Crippen LogP contribution in [0.1, 0.15) is 0 Å². The minimum Gasteiger partial charge on any atom is -0.383 e. The van der Waals surface area contributed by atoms with Gasteiger partial charge < -0.3 is 15.4 Å². The Labute approximate surface area is 139 Å². The summed E-state index contributed by atoms with van der Waals surface area (Å²) in [4.78, 5) is 6.77. The number of nitrogen functional groups attached to an aromatic ring is 1. The Morgan fingerprint density at radius 1 is 1.00 bits per heavy atom. The van der Waals surface area contributed by atoms with Crippen LogP contribution in [0.25, 0.3) is 22.0 Å². The lowest BCUT2D eigenvalue weighted by atomic mass is 10.0. The first-order valence-corrected chi connectivity index (χ1v) is 8.00. The maximum Gasteiger partial charge on any atom is 0.132 e. The second-order valence-corrected chi connectivity index (χ2v) is 5.88. The summed E-state index contributed by atoms with van der Waals surface area (Å²) in [7, 11) is 0. The van der Waals surface area contributed by atoms with Crippen LogP contribution in [-0.2, 0) is 4.74 Å². The number of anilines is 2. The van der Waals surface area contributed by atoms with Crippen LogP contribution < -0.4 is 10.6 Å². The van der Waals surface area contributed by atoms with E-state index in [-0.39, 0.29) is 5.82 Å². The molecule has 0 unspecified atom stereocenters. The van der Waals surface area contributed by atoms with E-state index < -0.39 is 0 Å². The Kier molecular flexibility index (Phi) is 3.78. The van der Waals surface area contributed by atoms with Crippen molar-refractivity contribution < 1.29 is 9.13 Å². The lowest BCUT2D eigenvalue weighted by molar-refractivity contribution is 0.122. The maximum absolute atomic E-state index is 14.1. The fraction of sp³-hybridized carbons (Fsp3) is 0.211. The molecule has 0 spiro atoms. The van der Waals surface area contributed by atoms with Crippen molar-refractivity contribution in [2.45, 2.75) is 0 Å². The van der Waals surface area contributed by atoms with Crippen molar-refractivity contribution in [3.63, 3.8) is 0 Å². The van der Waals surface area contributed by atoms with E-state index in [9.17, 15) is 4.39 Å². The van der Waals surface area contributed by atoms with Gasteiger partial charge in [-0.15, -0.1) is 0 Å². The van der Waals surface area contributed by atoms with Crippen molar-refractivity contribution >= 4 is 22.4 Å². The van der Waals surface area contributed by atoms with Crippen LogP contribution in [0.2, 0.25) is 0 Å². The molecule has 0 bridgehead atoms. The fourth-order valence-electron chi connectivity index (χ4n) is 3.08. The number of fused-ring (bicyclic) bond motifs is 1. The van der Waals surface area contributed by atoms with Crippen molar-refractivity contribution in [3.05, 3.63) is 54.3 Å². The minimum atomic E-state index is -0.296. The minimum absolute atomic E-state index is 0.296. The number of pyridine rings is 1. The zero-order valence-corrected chi connectivity index (χ0v) is 13.2. The van der Waals surface area contributed by atoms with Crippen molar-refractivity contribution in [3.8, 4) is 11.1 Å². The SMILES string of the molecule is Nc1nc2cc(N3CCOCC3)ccc2cc1-c1ccccc1F. The second kappa shape index (κ2) is 6.09. The molecule has 24 heavy (non-hydrogen) atoms. The van der Waals surface area contributed by atoms with E-state index in [1.807, 2.05) is 18.2 Å². The number of hydrogen-bond acceptors (Lipinski definition) is 4. The summed E-state index contributed by atoms with van der Waals surface area (Å²) in [6.45, 7) is 3.21. The smallest absolute Gasteiger partial charge is 0.132 e. The standard InChI is InChI=1S/C19H18FN3O/c20-17-4-2-1-3-15(17)16-11-13-5-6-14(12-18(13)22-19(16)21)23-7-9-24-10-8-23/h1-6,11-12H,7-10H2,(H2,21,22). The van der Waals surface area contributed by atoms with E-state index in [4.69, 9.17) is 10.5 Å². The predicted octanol–water partition coefficient (Wildman–Crippen LogP) is 3.46. The van der Waals surface area contributed by atoms with Crippen LogP contribution >= 0.6 is 0 Å². The molecule has 4 nitrogen and oxygen atoms in total. The normalized spacial score (nSPS) is 15.0. The van der Waals surface area contributed by atoms with Crippen LogP contribution in [0.5, 0.6) is 0 Å². The number of nitrogens with two attached hydrogens (primary N) is 1. The van der Waals surface area contributed by atoms with Crippen LogP contribution in [0.15, 0.2) is 48.5 Å². The molecule has 122 valence electrons. The second-order valence-electron chi connectivity index (χ2n) is 5.88. The highest BCUT2D eigenvalue weighted by atomic mass is 19.1. The monoisotopic (exact) mass is 323 g/mol.